The van der Waals surface area contributed by atoms with Crippen molar-refractivity contribution in [1.29, 1.82) is 0 Å². The van der Waals surface area contributed by atoms with Gasteiger partial charge in [0.25, 0.3) is 0 Å². The molecule has 0 aliphatic rings. The van der Waals surface area contributed by atoms with Crippen molar-refractivity contribution in [2.45, 2.75) is 53.0 Å². The molecular formula is C11H21N3. The average Bonchev–Trinajstić information content (AvgIpc) is 2.52. The molecule has 3 heteroatoms. The highest BCUT2D eigenvalue weighted by Gasteiger charge is 2.04. The maximum atomic E-state index is 4.41. The monoisotopic (exact) mass is 195 g/mol. The Morgan fingerprint density at radius 3 is 2.50 bits per heavy atom. The predicted molar refractivity (Wildman–Crippen MR) is 58.2 cm³/mol. The highest BCUT2D eigenvalue weighted by atomic mass is 15.3. The van der Waals surface area contributed by atoms with Crippen LogP contribution in [0.3, 0.4) is 0 Å². The average molecular weight is 195 g/mol. The van der Waals surface area contributed by atoms with E-state index in [4.69, 9.17) is 0 Å². The summed E-state index contributed by atoms with van der Waals surface area (Å²) in [5.41, 5.74) is 0. The predicted octanol–water partition coefficient (Wildman–Crippen LogP) is 2.84. The summed E-state index contributed by atoms with van der Waals surface area (Å²) in [6, 6.07) is 0. The van der Waals surface area contributed by atoms with E-state index in [0.29, 0.717) is 5.92 Å². The van der Waals surface area contributed by atoms with Crippen molar-refractivity contribution in [3.05, 3.63) is 12.2 Å². The number of aryl methyl sites for hydroxylation is 1. The molecule has 1 rings (SSSR count). The maximum absolute atomic E-state index is 4.41. The Bertz CT molecular complexity index is 263. The number of hydrogen-bond donors (Lipinski definition) is 0. The molecular weight excluding hydrogens is 174 g/mol. The van der Waals surface area contributed by atoms with E-state index in [9.17, 15) is 0 Å². The van der Waals surface area contributed by atoms with Crippen LogP contribution in [0.5, 0.6) is 0 Å². The van der Waals surface area contributed by atoms with Crippen LogP contribution in [0.1, 0.15) is 52.3 Å². The van der Waals surface area contributed by atoms with Gasteiger partial charge in [-0.05, 0) is 18.8 Å². The second-order valence-electron chi connectivity index (χ2n) is 4.56. The number of aromatic nitrogens is 3. The van der Waals surface area contributed by atoms with E-state index in [-0.39, 0.29) is 0 Å². The van der Waals surface area contributed by atoms with Crippen LogP contribution in [-0.4, -0.2) is 14.8 Å². The summed E-state index contributed by atoms with van der Waals surface area (Å²) in [5.74, 6) is 2.17. The lowest BCUT2D eigenvalue weighted by Gasteiger charge is -2.03. The fourth-order valence-electron chi connectivity index (χ4n) is 1.34. The van der Waals surface area contributed by atoms with Gasteiger partial charge in [0.2, 0.25) is 0 Å². The van der Waals surface area contributed by atoms with Gasteiger partial charge in [-0.2, -0.15) is 5.10 Å². The van der Waals surface area contributed by atoms with Gasteiger partial charge in [0.15, 0.2) is 5.82 Å². The summed E-state index contributed by atoms with van der Waals surface area (Å²) in [6.07, 6.45) is 4.30. The molecule has 1 heterocycles. The molecule has 0 saturated carbocycles. The second-order valence-corrected chi connectivity index (χ2v) is 4.56. The topological polar surface area (TPSA) is 30.7 Å². The molecule has 0 aliphatic carbocycles. The Balaban J connectivity index is 2.36. The number of nitrogens with zero attached hydrogens (tertiary/aromatic N) is 3. The molecule has 1 aromatic heterocycles. The van der Waals surface area contributed by atoms with Gasteiger partial charge >= 0.3 is 0 Å². The zero-order valence-electron chi connectivity index (χ0n) is 9.70. The van der Waals surface area contributed by atoms with Crippen LogP contribution in [0.15, 0.2) is 6.33 Å². The second kappa shape index (κ2) is 5.13. The summed E-state index contributed by atoms with van der Waals surface area (Å²) in [6.45, 7) is 9.74. The van der Waals surface area contributed by atoms with Crippen LogP contribution in [0.25, 0.3) is 0 Å². The van der Waals surface area contributed by atoms with E-state index < -0.39 is 0 Å². The van der Waals surface area contributed by atoms with Crippen LogP contribution in [0.4, 0.5) is 0 Å². The van der Waals surface area contributed by atoms with Crippen molar-refractivity contribution in [3.8, 4) is 0 Å². The van der Waals surface area contributed by atoms with Gasteiger partial charge in [0.1, 0.15) is 6.33 Å². The van der Waals surface area contributed by atoms with Gasteiger partial charge in [-0.15, -0.1) is 0 Å². The molecule has 3 nitrogen and oxygen atoms in total. The van der Waals surface area contributed by atoms with Gasteiger partial charge in [0, 0.05) is 12.5 Å². The van der Waals surface area contributed by atoms with Gasteiger partial charge < -0.3 is 0 Å². The van der Waals surface area contributed by atoms with Crippen LogP contribution in [0, 0.1) is 5.92 Å². The first-order valence-corrected chi connectivity index (χ1v) is 5.49. The quantitative estimate of drug-likeness (QED) is 0.723. The molecule has 0 saturated heterocycles. The van der Waals surface area contributed by atoms with Gasteiger partial charge in [-0.1, -0.05) is 27.7 Å². The molecule has 0 bridgehead atoms. The molecule has 0 unspecified atom stereocenters. The third-order valence-corrected chi connectivity index (χ3v) is 2.24. The third-order valence-electron chi connectivity index (χ3n) is 2.24. The Hall–Kier alpha value is -0.860. The first-order valence-electron chi connectivity index (χ1n) is 5.49. The van der Waals surface area contributed by atoms with Crippen molar-refractivity contribution in [2.75, 3.05) is 0 Å². The van der Waals surface area contributed by atoms with Gasteiger partial charge in [0.05, 0.1) is 0 Å². The zero-order valence-corrected chi connectivity index (χ0v) is 9.70. The lowest BCUT2D eigenvalue weighted by molar-refractivity contribution is 0.486. The molecule has 0 radical (unpaired) electrons. The maximum Gasteiger partial charge on any atom is 0.153 e. The smallest absolute Gasteiger partial charge is 0.153 e. The van der Waals surface area contributed by atoms with E-state index in [1.807, 2.05) is 11.0 Å². The summed E-state index contributed by atoms with van der Waals surface area (Å²) >= 11 is 0. The van der Waals surface area contributed by atoms with E-state index in [2.05, 4.69) is 37.8 Å². The summed E-state index contributed by atoms with van der Waals surface area (Å²) in [7, 11) is 0. The minimum absolute atomic E-state index is 0.432. The lowest BCUT2D eigenvalue weighted by atomic mass is 10.1. The van der Waals surface area contributed by atoms with E-state index in [1.54, 1.807) is 0 Å². The van der Waals surface area contributed by atoms with Crippen molar-refractivity contribution in [3.63, 3.8) is 0 Å². The summed E-state index contributed by atoms with van der Waals surface area (Å²) in [5, 5.41) is 4.41. The summed E-state index contributed by atoms with van der Waals surface area (Å²) < 4.78 is 1.96. The first kappa shape index (κ1) is 11.2. The highest BCUT2D eigenvalue weighted by molar-refractivity contribution is 4.88. The molecule has 0 aromatic carbocycles. The Kier molecular flexibility index (Phi) is 4.11. The summed E-state index contributed by atoms with van der Waals surface area (Å²) in [4.78, 5) is 4.27. The number of hydrogen-bond acceptors (Lipinski definition) is 2. The zero-order chi connectivity index (χ0) is 10.6. The van der Waals surface area contributed by atoms with Gasteiger partial charge in [-0.25, -0.2) is 4.98 Å². The fourth-order valence-corrected chi connectivity index (χ4v) is 1.34. The molecule has 0 N–H and O–H groups in total. The van der Waals surface area contributed by atoms with Crippen molar-refractivity contribution >= 4 is 0 Å². The van der Waals surface area contributed by atoms with E-state index >= 15 is 0 Å². The number of rotatable bonds is 5. The third kappa shape index (κ3) is 3.48. The van der Waals surface area contributed by atoms with Crippen LogP contribution < -0.4 is 0 Å². The largest absolute Gasteiger partial charge is 0.253 e. The van der Waals surface area contributed by atoms with Gasteiger partial charge in [-0.3, -0.25) is 4.68 Å². The molecule has 1 aromatic rings. The van der Waals surface area contributed by atoms with E-state index in [1.165, 1.54) is 12.8 Å². The molecule has 0 amide bonds. The normalized spacial score (nSPS) is 11.6. The Morgan fingerprint density at radius 2 is 2.00 bits per heavy atom. The SMILES string of the molecule is CC(C)CCCn1cnc(C(C)C)n1. The van der Waals surface area contributed by atoms with Crippen LogP contribution in [-0.2, 0) is 6.54 Å². The highest BCUT2D eigenvalue weighted by Crippen LogP contribution is 2.08. The Morgan fingerprint density at radius 1 is 1.29 bits per heavy atom. The van der Waals surface area contributed by atoms with Crippen LogP contribution in [0.2, 0.25) is 0 Å². The van der Waals surface area contributed by atoms with E-state index in [0.717, 1.165) is 18.3 Å². The van der Waals surface area contributed by atoms with Crippen molar-refractivity contribution in [1.82, 2.24) is 14.8 Å². The van der Waals surface area contributed by atoms with Crippen molar-refractivity contribution in [2.24, 2.45) is 5.92 Å². The van der Waals surface area contributed by atoms with Crippen LogP contribution >= 0.6 is 0 Å². The Labute approximate surface area is 86.5 Å². The molecule has 0 aliphatic heterocycles. The minimum atomic E-state index is 0.432. The lowest BCUT2D eigenvalue weighted by Crippen LogP contribution is -2.01. The first-order chi connectivity index (χ1) is 6.59. The molecule has 0 atom stereocenters. The molecule has 0 spiro atoms. The fraction of sp³-hybridized carbons (Fsp3) is 0.818. The molecule has 14 heavy (non-hydrogen) atoms. The standard InChI is InChI=1S/C11H21N3/c1-9(2)6-5-7-14-8-12-11(13-14)10(3)4/h8-10H,5-7H2,1-4H3. The van der Waals surface area contributed by atoms with Crippen molar-refractivity contribution < 1.29 is 0 Å². The minimum Gasteiger partial charge on any atom is -0.253 e. The molecule has 0 fully saturated rings. The molecule has 80 valence electrons.